The quantitative estimate of drug-likeness (QED) is 0.610. The van der Waals surface area contributed by atoms with Gasteiger partial charge in [0.05, 0.1) is 5.56 Å². The lowest BCUT2D eigenvalue weighted by atomic mass is 10.1. The molecule has 0 saturated carbocycles. The van der Waals surface area contributed by atoms with Gasteiger partial charge in [0.1, 0.15) is 0 Å². The summed E-state index contributed by atoms with van der Waals surface area (Å²) < 4.78 is 0. The molecule has 1 amide bonds. The van der Waals surface area contributed by atoms with E-state index in [2.05, 4.69) is 31.0 Å². The minimum absolute atomic E-state index is 0.338. The zero-order valence-corrected chi connectivity index (χ0v) is 13.4. The lowest BCUT2D eigenvalue weighted by Gasteiger charge is -2.20. The van der Waals surface area contributed by atoms with Gasteiger partial charge in [-0.3, -0.25) is 4.79 Å². The molecule has 118 valence electrons. The second kappa shape index (κ2) is 8.52. The molecule has 0 aliphatic rings. The highest BCUT2D eigenvalue weighted by molar-refractivity contribution is 5.98. The molecule has 0 bridgehead atoms. The highest BCUT2D eigenvalue weighted by Gasteiger charge is 2.09. The van der Waals surface area contributed by atoms with Crippen molar-refractivity contribution >= 4 is 17.3 Å². The summed E-state index contributed by atoms with van der Waals surface area (Å²) in [4.78, 5) is 13.7. The van der Waals surface area contributed by atoms with Crippen molar-refractivity contribution in [1.82, 2.24) is 4.90 Å². The number of benzene rings is 1. The van der Waals surface area contributed by atoms with Crippen molar-refractivity contribution in [1.29, 1.82) is 0 Å². The molecule has 1 aromatic carbocycles. The highest BCUT2D eigenvalue weighted by Crippen LogP contribution is 2.18. The minimum atomic E-state index is -0.495. The van der Waals surface area contributed by atoms with Gasteiger partial charge in [-0.2, -0.15) is 0 Å². The van der Waals surface area contributed by atoms with Gasteiger partial charge in [0, 0.05) is 17.4 Å². The van der Waals surface area contributed by atoms with E-state index in [0.29, 0.717) is 17.3 Å². The number of hydrogen-bond acceptors (Lipinski definition) is 4. The molecule has 0 fully saturated rings. The van der Waals surface area contributed by atoms with Crippen molar-refractivity contribution in [2.75, 3.05) is 30.7 Å². The van der Waals surface area contributed by atoms with Gasteiger partial charge in [-0.15, -0.1) is 0 Å². The molecule has 5 N–H and O–H groups in total. The molecule has 0 aromatic heterocycles. The van der Waals surface area contributed by atoms with E-state index in [1.165, 1.54) is 0 Å². The van der Waals surface area contributed by atoms with Crippen molar-refractivity contribution in [2.45, 2.75) is 39.7 Å². The molecule has 0 saturated heterocycles. The van der Waals surface area contributed by atoms with Gasteiger partial charge >= 0.3 is 0 Å². The van der Waals surface area contributed by atoms with Crippen molar-refractivity contribution in [3.8, 4) is 0 Å². The zero-order valence-electron chi connectivity index (χ0n) is 13.4. The molecule has 21 heavy (non-hydrogen) atoms. The Morgan fingerprint density at radius 3 is 2.57 bits per heavy atom. The summed E-state index contributed by atoms with van der Waals surface area (Å²) in [5, 5.41) is 3.39. The van der Waals surface area contributed by atoms with Crippen molar-refractivity contribution in [2.24, 2.45) is 5.73 Å². The maximum Gasteiger partial charge on any atom is 0.250 e. The Morgan fingerprint density at radius 2 is 2.00 bits per heavy atom. The van der Waals surface area contributed by atoms with Crippen LogP contribution in [0, 0.1) is 0 Å². The fraction of sp³-hybridized carbons (Fsp3) is 0.562. The molecule has 1 atom stereocenters. The molecule has 0 aliphatic heterocycles. The van der Waals surface area contributed by atoms with Gasteiger partial charge in [0.2, 0.25) is 0 Å². The van der Waals surface area contributed by atoms with E-state index in [1.807, 2.05) is 6.07 Å². The fourth-order valence-electron chi connectivity index (χ4n) is 2.38. The molecule has 0 heterocycles. The summed E-state index contributed by atoms with van der Waals surface area (Å²) in [6, 6.07) is 5.65. The van der Waals surface area contributed by atoms with Crippen LogP contribution in [0.15, 0.2) is 18.2 Å². The van der Waals surface area contributed by atoms with Gasteiger partial charge in [0.25, 0.3) is 5.91 Å². The molecule has 1 rings (SSSR count). The predicted octanol–water partition coefficient (Wildman–Crippen LogP) is 2.29. The van der Waals surface area contributed by atoms with E-state index in [1.54, 1.807) is 12.1 Å². The number of nitrogen functional groups attached to an aromatic ring is 1. The number of carbonyl (C=O) groups is 1. The smallest absolute Gasteiger partial charge is 0.250 e. The third-order valence-electron chi connectivity index (χ3n) is 3.74. The summed E-state index contributed by atoms with van der Waals surface area (Å²) in [7, 11) is 0. The standard InChI is InChI=1S/C16H28N4O/c1-4-20(5-2)10-6-7-12(3)19-13-8-9-15(17)14(11-13)16(18)21/h8-9,11-12,19H,4-7,10,17H2,1-3H3,(H2,18,21). The molecule has 1 aromatic rings. The van der Waals surface area contributed by atoms with Crippen LogP contribution in [0.3, 0.4) is 0 Å². The number of nitrogens with two attached hydrogens (primary N) is 2. The van der Waals surface area contributed by atoms with Crippen LogP contribution in [-0.2, 0) is 0 Å². The largest absolute Gasteiger partial charge is 0.398 e. The van der Waals surface area contributed by atoms with Crippen molar-refractivity contribution in [3.05, 3.63) is 23.8 Å². The van der Waals surface area contributed by atoms with Crippen LogP contribution in [-0.4, -0.2) is 36.5 Å². The summed E-state index contributed by atoms with van der Waals surface area (Å²) in [5.41, 5.74) is 12.7. The van der Waals surface area contributed by atoms with Crippen LogP contribution in [0.1, 0.15) is 44.0 Å². The normalized spacial score (nSPS) is 12.4. The predicted molar refractivity (Wildman–Crippen MR) is 89.5 cm³/mol. The lowest BCUT2D eigenvalue weighted by Crippen LogP contribution is -2.25. The summed E-state index contributed by atoms with van der Waals surface area (Å²) in [5.74, 6) is -0.495. The summed E-state index contributed by atoms with van der Waals surface area (Å²) >= 11 is 0. The Labute approximate surface area is 127 Å². The molecular weight excluding hydrogens is 264 g/mol. The first-order chi connectivity index (χ1) is 9.97. The Hall–Kier alpha value is -1.75. The molecule has 0 aliphatic carbocycles. The van der Waals surface area contributed by atoms with E-state index in [9.17, 15) is 4.79 Å². The number of nitrogens with zero attached hydrogens (tertiary/aromatic N) is 1. The lowest BCUT2D eigenvalue weighted by molar-refractivity contribution is 0.100. The van der Waals surface area contributed by atoms with E-state index < -0.39 is 5.91 Å². The molecule has 0 spiro atoms. The van der Waals surface area contributed by atoms with Gasteiger partial charge in [0.15, 0.2) is 0 Å². The van der Waals surface area contributed by atoms with Crippen molar-refractivity contribution in [3.63, 3.8) is 0 Å². The number of nitrogens with one attached hydrogen (secondary N) is 1. The second-order valence-electron chi connectivity index (χ2n) is 5.38. The number of carbonyl (C=O) groups excluding carboxylic acids is 1. The molecular formula is C16H28N4O. The molecule has 0 radical (unpaired) electrons. The number of amides is 1. The first kappa shape index (κ1) is 17.3. The first-order valence-corrected chi connectivity index (χ1v) is 7.66. The Bertz CT molecular complexity index is 458. The molecule has 1 unspecified atom stereocenters. The summed E-state index contributed by atoms with van der Waals surface area (Å²) in [6.45, 7) is 9.82. The van der Waals surface area contributed by atoms with Crippen LogP contribution >= 0.6 is 0 Å². The topological polar surface area (TPSA) is 84.4 Å². The Balaban J connectivity index is 2.49. The van der Waals surface area contributed by atoms with Crippen LogP contribution in [0.4, 0.5) is 11.4 Å². The highest BCUT2D eigenvalue weighted by atomic mass is 16.1. The van der Waals surface area contributed by atoms with Gasteiger partial charge in [-0.25, -0.2) is 0 Å². The van der Waals surface area contributed by atoms with Crippen LogP contribution in [0.25, 0.3) is 0 Å². The van der Waals surface area contributed by atoms with Crippen LogP contribution < -0.4 is 16.8 Å². The SMILES string of the molecule is CCN(CC)CCCC(C)Nc1ccc(N)c(C(N)=O)c1. The van der Waals surface area contributed by atoms with Gasteiger partial charge in [-0.1, -0.05) is 13.8 Å². The van der Waals surface area contributed by atoms with Crippen LogP contribution in [0.5, 0.6) is 0 Å². The first-order valence-electron chi connectivity index (χ1n) is 7.66. The maximum atomic E-state index is 11.3. The van der Waals surface area contributed by atoms with Gasteiger partial charge < -0.3 is 21.7 Å². The van der Waals surface area contributed by atoms with E-state index in [4.69, 9.17) is 11.5 Å². The van der Waals surface area contributed by atoms with Gasteiger partial charge in [-0.05, 0) is 57.6 Å². The van der Waals surface area contributed by atoms with E-state index in [0.717, 1.165) is 38.2 Å². The fourth-order valence-corrected chi connectivity index (χ4v) is 2.38. The average Bonchev–Trinajstić information content (AvgIpc) is 2.45. The number of anilines is 2. The Kier molecular flexibility index (Phi) is 7.02. The van der Waals surface area contributed by atoms with E-state index in [-0.39, 0.29) is 0 Å². The molecule has 5 heteroatoms. The maximum absolute atomic E-state index is 11.3. The summed E-state index contributed by atoms with van der Waals surface area (Å²) in [6.07, 6.45) is 2.22. The molecule has 5 nitrogen and oxygen atoms in total. The van der Waals surface area contributed by atoms with Crippen LogP contribution in [0.2, 0.25) is 0 Å². The van der Waals surface area contributed by atoms with Crippen molar-refractivity contribution < 1.29 is 4.79 Å². The minimum Gasteiger partial charge on any atom is -0.398 e. The third-order valence-corrected chi connectivity index (χ3v) is 3.74. The number of primary amides is 1. The number of rotatable bonds is 9. The van der Waals surface area contributed by atoms with E-state index >= 15 is 0 Å². The Morgan fingerprint density at radius 1 is 1.33 bits per heavy atom. The zero-order chi connectivity index (χ0) is 15.8. The second-order valence-corrected chi connectivity index (χ2v) is 5.38. The third kappa shape index (κ3) is 5.63. The monoisotopic (exact) mass is 292 g/mol. The average molecular weight is 292 g/mol. The number of hydrogen-bond donors (Lipinski definition) is 3.